The first-order chi connectivity index (χ1) is 7.49. The predicted octanol–water partition coefficient (Wildman–Crippen LogP) is 1.07. The molecule has 1 aliphatic heterocycles. The minimum absolute atomic E-state index is 0.0295. The van der Waals surface area contributed by atoms with Crippen LogP contribution in [-0.2, 0) is 9.53 Å². The van der Waals surface area contributed by atoms with Crippen molar-refractivity contribution in [2.24, 2.45) is 11.8 Å². The standard InChI is InChI=1S/C12H24N2O2/c1-8(2)10(6-16-5)14-7-13-11(9(3)4)12(14)15/h8-11,13H,6-7H2,1-5H3. The molecule has 0 bridgehead atoms. The maximum absolute atomic E-state index is 12.2. The second kappa shape index (κ2) is 5.64. The van der Waals surface area contributed by atoms with Gasteiger partial charge in [0.05, 0.1) is 25.4 Å². The average molecular weight is 228 g/mol. The molecule has 16 heavy (non-hydrogen) atoms. The van der Waals surface area contributed by atoms with E-state index in [1.54, 1.807) is 7.11 Å². The molecule has 1 fully saturated rings. The lowest BCUT2D eigenvalue weighted by molar-refractivity contribution is -0.133. The Labute approximate surface area is 98.3 Å². The molecule has 4 heteroatoms. The highest BCUT2D eigenvalue weighted by Gasteiger charge is 2.37. The third kappa shape index (κ3) is 2.74. The highest BCUT2D eigenvalue weighted by atomic mass is 16.5. The van der Waals surface area contributed by atoms with Crippen LogP contribution < -0.4 is 5.32 Å². The van der Waals surface area contributed by atoms with E-state index in [0.717, 1.165) is 0 Å². The molecular formula is C12H24N2O2. The number of hydrogen-bond acceptors (Lipinski definition) is 3. The second-order valence-electron chi connectivity index (χ2n) is 5.16. The molecule has 94 valence electrons. The van der Waals surface area contributed by atoms with E-state index in [2.05, 4.69) is 33.0 Å². The Kier molecular flexibility index (Phi) is 4.74. The Morgan fingerprint density at radius 3 is 2.44 bits per heavy atom. The summed E-state index contributed by atoms with van der Waals surface area (Å²) in [4.78, 5) is 14.1. The van der Waals surface area contributed by atoms with Crippen LogP contribution in [0.4, 0.5) is 0 Å². The van der Waals surface area contributed by atoms with Gasteiger partial charge in [0.1, 0.15) is 0 Å². The van der Waals surface area contributed by atoms with E-state index in [1.807, 2.05) is 4.90 Å². The molecule has 0 aromatic rings. The van der Waals surface area contributed by atoms with Crippen LogP contribution in [0.3, 0.4) is 0 Å². The normalized spacial score (nSPS) is 23.6. The van der Waals surface area contributed by atoms with Crippen LogP contribution >= 0.6 is 0 Å². The summed E-state index contributed by atoms with van der Waals surface area (Å²) in [7, 11) is 1.68. The molecule has 0 aromatic heterocycles. The minimum Gasteiger partial charge on any atom is -0.383 e. The van der Waals surface area contributed by atoms with Crippen molar-refractivity contribution in [1.82, 2.24) is 10.2 Å². The van der Waals surface area contributed by atoms with Gasteiger partial charge in [-0.05, 0) is 11.8 Å². The Morgan fingerprint density at radius 2 is 2.06 bits per heavy atom. The summed E-state index contributed by atoms with van der Waals surface area (Å²) < 4.78 is 5.20. The van der Waals surface area contributed by atoms with Gasteiger partial charge in [-0.15, -0.1) is 0 Å². The second-order valence-corrected chi connectivity index (χ2v) is 5.16. The summed E-state index contributed by atoms with van der Waals surface area (Å²) in [6.07, 6.45) is 0. The van der Waals surface area contributed by atoms with Gasteiger partial charge in [-0.3, -0.25) is 10.1 Å². The first-order valence-corrected chi connectivity index (χ1v) is 6.01. The number of carbonyl (C=O) groups excluding carboxylic acids is 1. The first kappa shape index (κ1) is 13.5. The summed E-state index contributed by atoms with van der Waals surface area (Å²) >= 11 is 0. The molecule has 1 rings (SSSR count). The summed E-state index contributed by atoms with van der Waals surface area (Å²) in [5.74, 6) is 0.968. The van der Waals surface area contributed by atoms with Gasteiger partial charge < -0.3 is 9.64 Å². The van der Waals surface area contributed by atoms with Gasteiger partial charge >= 0.3 is 0 Å². The molecule has 1 heterocycles. The lowest BCUT2D eigenvalue weighted by Crippen LogP contribution is -2.45. The number of amides is 1. The highest BCUT2D eigenvalue weighted by Crippen LogP contribution is 2.19. The van der Waals surface area contributed by atoms with Crippen molar-refractivity contribution in [3.05, 3.63) is 0 Å². The van der Waals surface area contributed by atoms with Crippen LogP contribution in [0, 0.1) is 11.8 Å². The predicted molar refractivity (Wildman–Crippen MR) is 64.0 cm³/mol. The van der Waals surface area contributed by atoms with E-state index in [4.69, 9.17) is 4.74 Å². The van der Waals surface area contributed by atoms with Gasteiger partial charge in [0.15, 0.2) is 0 Å². The van der Waals surface area contributed by atoms with Crippen LogP contribution in [0.15, 0.2) is 0 Å². The van der Waals surface area contributed by atoms with E-state index in [1.165, 1.54) is 0 Å². The van der Waals surface area contributed by atoms with Gasteiger partial charge in [0.2, 0.25) is 5.91 Å². The van der Waals surface area contributed by atoms with Gasteiger partial charge in [0, 0.05) is 7.11 Å². The number of hydrogen-bond donors (Lipinski definition) is 1. The smallest absolute Gasteiger partial charge is 0.241 e. The molecule has 0 aliphatic carbocycles. The van der Waals surface area contributed by atoms with Crippen molar-refractivity contribution in [1.29, 1.82) is 0 Å². The summed E-state index contributed by atoms with van der Waals surface area (Å²) in [6.45, 7) is 9.64. The molecule has 0 aromatic carbocycles. The third-order valence-electron chi connectivity index (χ3n) is 3.20. The van der Waals surface area contributed by atoms with Crippen LogP contribution in [-0.4, -0.2) is 43.3 Å². The minimum atomic E-state index is -0.0295. The SMILES string of the molecule is COCC(C(C)C)N1CNC(C(C)C)C1=O. The molecular weight excluding hydrogens is 204 g/mol. The van der Waals surface area contributed by atoms with Gasteiger partial charge in [-0.25, -0.2) is 0 Å². The Hall–Kier alpha value is -0.610. The molecule has 1 N–H and O–H groups in total. The van der Waals surface area contributed by atoms with E-state index >= 15 is 0 Å². The van der Waals surface area contributed by atoms with Crippen LogP contribution in [0.25, 0.3) is 0 Å². The molecule has 1 saturated heterocycles. The summed E-state index contributed by atoms with van der Waals surface area (Å²) in [5, 5.41) is 3.27. The molecule has 4 nitrogen and oxygen atoms in total. The Bertz CT molecular complexity index is 241. The van der Waals surface area contributed by atoms with Crippen LogP contribution in [0.2, 0.25) is 0 Å². The Balaban J connectivity index is 2.70. The van der Waals surface area contributed by atoms with Crippen molar-refractivity contribution >= 4 is 5.91 Å². The van der Waals surface area contributed by atoms with Gasteiger partial charge in [0.25, 0.3) is 0 Å². The number of methoxy groups -OCH3 is 1. The fourth-order valence-corrected chi connectivity index (χ4v) is 2.16. The monoisotopic (exact) mass is 228 g/mol. The average Bonchev–Trinajstić information content (AvgIpc) is 2.56. The molecule has 2 atom stereocenters. The van der Waals surface area contributed by atoms with E-state index in [0.29, 0.717) is 25.1 Å². The van der Waals surface area contributed by atoms with Crippen molar-refractivity contribution < 1.29 is 9.53 Å². The summed E-state index contributed by atoms with van der Waals surface area (Å²) in [6, 6.07) is 0.145. The Morgan fingerprint density at radius 1 is 1.44 bits per heavy atom. The van der Waals surface area contributed by atoms with Crippen molar-refractivity contribution in [3.8, 4) is 0 Å². The number of nitrogens with zero attached hydrogens (tertiary/aromatic N) is 1. The zero-order chi connectivity index (χ0) is 12.3. The van der Waals surface area contributed by atoms with E-state index in [-0.39, 0.29) is 18.0 Å². The number of carbonyl (C=O) groups is 1. The molecule has 0 saturated carbocycles. The van der Waals surface area contributed by atoms with Crippen LogP contribution in [0.1, 0.15) is 27.7 Å². The summed E-state index contributed by atoms with van der Waals surface area (Å²) in [5.41, 5.74) is 0. The molecule has 1 aliphatic rings. The maximum atomic E-state index is 12.2. The van der Waals surface area contributed by atoms with Crippen molar-refractivity contribution in [2.75, 3.05) is 20.4 Å². The zero-order valence-electron chi connectivity index (χ0n) is 11.0. The van der Waals surface area contributed by atoms with Gasteiger partial charge in [-0.2, -0.15) is 0 Å². The molecule has 0 radical (unpaired) electrons. The number of nitrogens with one attached hydrogen (secondary N) is 1. The molecule has 0 spiro atoms. The largest absolute Gasteiger partial charge is 0.383 e. The van der Waals surface area contributed by atoms with Gasteiger partial charge in [-0.1, -0.05) is 27.7 Å². The van der Waals surface area contributed by atoms with Crippen molar-refractivity contribution in [3.63, 3.8) is 0 Å². The first-order valence-electron chi connectivity index (χ1n) is 6.01. The maximum Gasteiger partial charge on any atom is 0.241 e. The fourth-order valence-electron chi connectivity index (χ4n) is 2.16. The molecule has 2 unspecified atom stereocenters. The van der Waals surface area contributed by atoms with E-state index in [9.17, 15) is 4.79 Å². The lowest BCUT2D eigenvalue weighted by Gasteiger charge is -2.30. The zero-order valence-corrected chi connectivity index (χ0v) is 11.0. The van der Waals surface area contributed by atoms with E-state index < -0.39 is 0 Å². The van der Waals surface area contributed by atoms with Crippen molar-refractivity contribution in [2.45, 2.75) is 39.8 Å². The number of rotatable bonds is 5. The quantitative estimate of drug-likeness (QED) is 0.765. The topological polar surface area (TPSA) is 41.6 Å². The third-order valence-corrected chi connectivity index (χ3v) is 3.20. The van der Waals surface area contributed by atoms with Crippen LogP contribution in [0.5, 0.6) is 0 Å². The fraction of sp³-hybridized carbons (Fsp3) is 0.917. The number of ether oxygens (including phenoxy) is 1. The molecule has 1 amide bonds. The lowest BCUT2D eigenvalue weighted by atomic mass is 10.0. The highest BCUT2D eigenvalue weighted by molar-refractivity contribution is 5.84.